The fourth-order valence-corrected chi connectivity index (χ4v) is 8.92. The second-order valence-corrected chi connectivity index (χ2v) is 13.0. The first-order valence-corrected chi connectivity index (χ1v) is 13.8. The van der Waals surface area contributed by atoms with E-state index in [0.29, 0.717) is 22.7 Å². The SMILES string of the molecule is CC(C)CCC[C@@H](C)[C@H]1CC[C@H]2[C@@H]3COC[C@H]4C/C(=N\NC(N)=O)CC[C@]4(C)[C@H]3CC[C@]12C. The molecule has 1 saturated heterocycles. The van der Waals surface area contributed by atoms with Crippen LogP contribution >= 0.6 is 0 Å². The summed E-state index contributed by atoms with van der Waals surface area (Å²) in [6.45, 7) is 14.2. The number of amides is 2. The van der Waals surface area contributed by atoms with Crippen molar-refractivity contribution in [3.8, 4) is 0 Å². The van der Waals surface area contributed by atoms with E-state index in [9.17, 15) is 4.79 Å². The standard InChI is InChI=1S/C28H49N3O2/c1-18(2)7-6-8-19(3)23-9-10-24-22-17-33-16-20-15-21(30-31-26(29)32)11-13-27(20,4)25(22)12-14-28(23,24)5/h18-20,22-25H,6-17H2,1-5H3,(H3,29,31,32)/b30-21-/t19-,20-,22+,23-,24+,25+,27+,28-/m1/s1. The number of hydrazone groups is 1. The second-order valence-electron chi connectivity index (χ2n) is 13.0. The van der Waals surface area contributed by atoms with Crippen molar-refractivity contribution in [3.05, 3.63) is 0 Å². The van der Waals surface area contributed by atoms with Crippen LogP contribution in [-0.4, -0.2) is 25.0 Å². The van der Waals surface area contributed by atoms with E-state index in [0.717, 1.165) is 67.8 Å². The molecule has 4 fully saturated rings. The quantitative estimate of drug-likeness (QED) is 0.453. The number of nitrogens with two attached hydrogens (primary N) is 1. The molecule has 5 nitrogen and oxygen atoms in total. The number of nitrogens with zero attached hydrogens (tertiary/aromatic N) is 1. The molecular formula is C28H49N3O2. The minimum atomic E-state index is -0.575. The third kappa shape index (κ3) is 4.86. The molecule has 0 spiro atoms. The van der Waals surface area contributed by atoms with Crippen LogP contribution in [-0.2, 0) is 4.74 Å². The number of carbonyl (C=O) groups is 1. The van der Waals surface area contributed by atoms with Crippen LogP contribution in [0.2, 0.25) is 0 Å². The number of urea groups is 1. The third-order valence-electron chi connectivity index (χ3n) is 10.8. The van der Waals surface area contributed by atoms with Gasteiger partial charge in [-0.1, -0.05) is 53.9 Å². The Bertz CT molecular complexity index is 737. The van der Waals surface area contributed by atoms with Crippen molar-refractivity contribution >= 4 is 11.7 Å². The first-order valence-electron chi connectivity index (χ1n) is 13.8. The Morgan fingerprint density at radius 1 is 1.09 bits per heavy atom. The Kier molecular flexibility index (Phi) is 7.48. The van der Waals surface area contributed by atoms with Crippen molar-refractivity contribution in [2.75, 3.05) is 13.2 Å². The van der Waals surface area contributed by atoms with Gasteiger partial charge in [-0.3, -0.25) is 0 Å². The van der Waals surface area contributed by atoms with Gasteiger partial charge >= 0.3 is 6.03 Å². The number of rotatable bonds is 6. The zero-order valence-corrected chi connectivity index (χ0v) is 21.9. The summed E-state index contributed by atoms with van der Waals surface area (Å²) in [7, 11) is 0. The summed E-state index contributed by atoms with van der Waals surface area (Å²) in [5.41, 5.74) is 9.57. The van der Waals surface area contributed by atoms with Gasteiger partial charge in [0, 0.05) is 12.3 Å². The van der Waals surface area contributed by atoms with Crippen LogP contribution in [0.15, 0.2) is 5.10 Å². The van der Waals surface area contributed by atoms with Gasteiger partial charge in [-0.05, 0) is 97.2 Å². The van der Waals surface area contributed by atoms with Crippen LogP contribution in [0, 0.1) is 52.3 Å². The molecule has 33 heavy (non-hydrogen) atoms. The van der Waals surface area contributed by atoms with Crippen molar-refractivity contribution in [1.82, 2.24) is 5.43 Å². The smallest absolute Gasteiger partial charge is 0.332 e. The largest absolute Gasteiger partial charge is 0.381 e. The summed E-state index contributed by atoms with van der Waals surface area (Å²) in [6.07, 6.45) is 12.8. The van der Waals surface area contributed by atoms with Gasteiger partial charge in [0.2, 0.25) is 0 Å². The minimum Gasteiger partial charge on any atom is -0.381 e. The molecule has 0 aromatic rings. The molecule has 0 unspecified atom stereocenters. The molecule has 0 radical (unpaired) electrons. The van der Waals surface area contributed by atoms with Crippen LogP contribution in [0.5, 0.6) is 0 Å². The fraction of sp³-hybridized carbons (Fsp3) is 0.929. The zero-order chi connectivity index (χ0) is 23.8. The van der Waals surface area contributed by atoms with Crippen LogP contribution in [0.4, 0.5) is 4.79 Å². The number of fused-ring (bicyclic) bond motifs is 5. The lowest BCUT2D eigenvalue weighted by atomic mass is 9.49. The van der Waals surface area contributed by atoms with E-state index in [1.165, 1.54) is 44.9 Å². The van der Waals surface area contributed by atoms with Crippen molar-refractivity contribution in [3.63, 3.8) is 0 Å². The van der Waals surface area contributed by atoms with Gasteiger partial charge in [-0.25, -0.2) is 10.2 Å². The number of nitrogens with one attached hydrogen (secondary N) is 1. The summed E-state index contributed by atoms with van der Waals surface area (Å²) >= 11 is 0. The monoisotopic (exact) mass is 459 g/mol. The lowest BCUT2D eigenvalue weighted by Crippen LogP contribution is -2.50. The van der Waals surface area contributed by atoms with Crippen molar-refractivity contribution in [2.24, 2.45) is 63.1 Å². The normalized spacial score (nSPS) is 42.8. The van der Waals surface area contributed by atoms with Crippen LogP contribution in [0.1, 0.15) is 98.8 Å². The molecule has 2 amide bonds. The van der Waals surface area contributed by atoms with E-state index in [-0.39, 0.29) is 0 Å². The lowest BCUT2D eigenvalue weighted by molar-refractivity contribution is -0.0646. The van der Waals surface area contributed by atoms with E-state index in [1.807, 2.05) is 0 Å². The number of hydrogen-bond donors (Lipinski definition) is 2. The molecule has 3 aliphatic carbocycles. The first kappa shape index (κ1) is 25.0. The summed E-state index contributed by atoms with van der Waals surface area (Å²) in [5, 5.41) is 4.30. The molecule has 8 atom stereocenters. The highest BCUT2D eigenvalue weighted by atomic mass is 16.5. The summed E-state index contributed by atoms with van der Waals surface area (Å²) < 4.78 is 6.45. The maximum absolute atomic E-state index is 11.1. The number of hydrogen-bond acceptors (Lipinski definition) is 3. The van der Waals surface area contributed by atoms with Gasteiger partial charge in [0.05, 0.1) is 6.61 Å². The first-order chi connectivity index (χ1) is 15.6. The van der Waals surface area contributed by atoms with Crippen molar-refractivity contribution in [2.45, 2.75) is 98.8 Å². The van der Waals surface area contributed by atoms with E-state index in [4.69, 9.17) is 10.5 Å². The molecule has 1 heterocycles. The molecule has 0 bridgehead atoms. The van der Waals surface area contributed by atoms with E-state index >= 15 is 0 Å². The fourth-order valence-electron chi connectivity index (χ4n) is 8.92. The maximum Gasteiger partial charge on any atom is 0.332 e. The van der Waals surface area contributed by atoms with Crippen LogP contribution in [0.25, 0.3) is 0 Å². The molecule has 188 valence electrons. The van der Waals surface area contributed by atoms with Gasteiger partial charge in [0.25, 0.3) is 0 Å². The van der Waals surface area contributed by atoms with Crippen molar-refractivity contribution < 1.29 is 9.53 Å². The number of ether oxygens (including phenoxy) is 1. The highest BCUT2D eigenvalue weighted by molar-refractivity contribution is 5.87. The zero-order valence-electron chi connectivity index (χ0n) is 21.9. The minimum absolute atomic E-state index is 0.315. The highest BCUT2D eigenvalue weighted by Gasteiger charge is 2.59. The van der Waals surface area contributed by atoms with Crippen molar-refractivity contribution in [1.29, 1.82) is 0 Å². The highest BCUT2D eigenvalue weighted by Crippen LogP contribution is 2.65. The Morgan fingerprint density at radius 3 is 2.58 bits per heavy atom. The van der Waals surface area contributed by atoms with Gasteiger partial charge < -0.3 is 10.5 Å². The topological polar surface area (TPSA) is 76.7 Å². The Labute approximate surface area is 202 Å². The average Bonchev–Trinajstić information content (AvgIpc) is 3.03. The van der Waals surface area contributed by atoms with E-state index in [1.54, 1.807) is 0 Å². The molecule has 0 aromatic heterocycles. The molecule has 3 saturated carbocycles. The van der Waals surface area contributed by atoms with Crippen LogP contribution < -0.4 is 11.2 Å². The van der Waals surface area contributed by atoms with E-state index in [2.05, 4.69) is 45.1 Å². The van der Waals surface area contributed by atoms with Gasteiger partial charge in [-0.15, -0.1) is 0 Å². The molecule has 0 aromatic carbocycles. The van der Waals surface area contributed by atoms with Gasteiger partial charge in [0.15, 0.2) is 0 Å². The molecular weight excluding hydrogens is 410 g/mol. The number of carbonyl (C=O) groups excluding carboxylic acids is 1. The molecule has 5 heteroatoms. The predicted octanol–water partition coefficient (Wildman–Crippen LogP) is 6.37. The summed E-state index contributed by atoms with van der Waals surface area (Å²) in [5.74, 6) is 5.31. The number of primary amides is 1. The second kappa shape index (κ2) is 9.87. The Balaban J connectivity index is 1.47. The predicted molar refractivity (Wildman–Crippen MR) is 135 cm³/mol. The third-order valence-corrected chi connectivity index (χ3v) is 10.8. The molecule has 3 N–H and O–H groups in total. The summed E-state index contributed by atoms with van der Waals surface area (Å²) in [4.78, 5) is 11.1. The van der Waals surface area contributed by atoms with Crippen LogP contribution in [0.3, 0.4) is 0 Å². The maximum atomic E-state index is 11.1. The molecule has 4 rings (SSSR count). The molecule has 1 aliphatic heterocycles. The average molecular weight is 460 g/mol. The van der Waals surface area contributed by atoms with Gasteiger partial charge in [-0.2, -0.15) is 5.10 Å². The Morgan fingerprint density at radius 2 is 1.85 bits per heavy atom. The van der Waals surface area contributed by atoms with Gasteiger partial charge in [0.1, 0.15) is 0 Å². The molecule has 4 aliphatic rings. The van der Waals surface area contributed by atoms with E-state index < -0.39 is 6.03 Å². The lowest BCUT2D eigenvalue weighted by Gasteiger charge is -2.55. The Hall–Kier alpha value is -1.10. The summed E-state index contributed by atoms with van der Waals surface area (Å²) in [6, 6.07) is -0.575.